The van der Waals surface area contributed by atoms with Crippen LogP contribution in [0, 0.1) is 6.92 Å². The molecule has 0 saturated heterocycles. The van der Waals surface area contributed by atoms with Crippen LogP contribution in [0.3, 0.4) is 0 Å². The van der Waals surface area contributed by atoms with Gasteiger partial charge in [-0.3, -0.25) is 4.98 Å². The van der Waals surface area contributed by atoms with Gasteiger partial charge in [-0.05, 0) is 31.2 Å². The number of phenols is 1. The van der Waals surface area contributed by atoms with Crippen LogP contribution in [0.2, 0.25) is 0 Å². The Morgan fingerprint density at radius 2 is 1.76 bits per heavy atom. The van der Waals surface area contributed by atoms with E-state index < -0.39 is 0 Å². The molecule has 3 rings (SSSR count). The first kappa shape index (κ1) is 13.2. The van der Waals surface area contributed by atoms with Crippen molar-refractivity contribution in [2.75, 3.05) is 7.11 Å². The summed E-state index contributed by atoms with van der Waals surface area (Å²) in [6.45, 7) is 2.03. The molecule has 0 spiro atoms. The Hall–Kier alpha value is -2.75. The lowest BCUT2D eigenvalue weighted by Gasteiger charge is -2.10. The van der Waals surface area contributed by atoms with Crippen LogP contribution >= 0.6 is 0 Å². The molecule has 3 aromatic rings. The number of nitrogens with zero attached hydrogens (tertiary/aromatic N) is 1. The zero-order valence-corrected chi connectivity index (χ0v) is 11.8. The minimum absolute atomic E-state index is 0.0602. The normalized spacial score (nSPS) is 10.6. The van der Waals surface area contributed by atoms with Gasteiger partial charge in [-0.25, -0.2) is 0 Å². The largest absolute Gasteiger partial charge is 0.504 e. The number of aromatic hydroxyl groups is 1. The first-order chi connectivity index (χ1) is 10.2. The van der Waals surface area contributed by atoms with Gasteiger partial charge in [0.05, 0.1) is 12.6 Å². The van der Waals surface area contributed by atoms with Crippen molar-refractivity contribution in [3.8, 4) is 23.0 Å². The van der Waals surface area contributed by atoms with Crippen molar-refractivity contribution in [2.45, 2.75) is 6.92 Å². The fraction of sp³-hybridized carbons (Fsp3) is 0.118. The molecule has 0 saturated carbocycles. The molecule has 0 amide bonds. The van der Waals surface area contributed by atoms with E-state index in [1.165, 1.54) is 12.7 Å². The lowest BCUT2D eigenvalue weighted by atomic mass is 10.2. The number of fused-ring (bicyclic) bond motifs is 1. The Kier molecular flexibility index (Phi) is 3.36. The average Bonchev–Trinajstić information content (AvgIpc) is 2.49. The maximum atomic E-state index is 9.81. The second-order valence-electron chi connectivity index (χ2n) is 4.77. The Bertz CT molecular complexity index is 782. The van der Waals surface area contributed by atoms with Gasteiger partial charge >= 0.3 is 0 Å². The highest BCUT2D eigenvalue weighted by Crippen LogP contribution is 2.36. The van der Waals surface area contributed by atoms with Crippen LogP contribution in [-0.4, -0.2) is 17.2 Å². The van der Waals surface area contributed by atoms with Crippen molar-refractivity contribution < 1.29 is 14.6 Å². The first-order valence-corrected chi connectivity index (χ1v) is 6.57. The highest BCUT2D eigenvalue weighted by atomic mass is 16.5. The monoisotopic (exact) mass is 281 g/mol. The van der Waals surface area contributed by atoms with Crippen molar-refractivity contribution in [3.05, 3.63) is 54.2 Å². The number of hydrogen-bond acceptors (Lipinski definition) is 4. The lowest BCUT2D eigenvalue weighted by molar-refractivity contribution is 0.374. The van der Waals surface area contributed by atoms with E-state index in [1.54, 1.807) is 24.4 Å². The molecule has 0 bridgehead atoms. The van der Waals surface area contributed by atoms with Gasteiger partial charge in [0.25, 0.3) is 0 Å². The third-order valence-corrected chi connectivity index (χ3v) is 3.25. The van der Waals surface area contributed by atoms with Gasteiger partial charge in [0.15, 0.2) is 11.5 Å². The Morgan fingerprint density at radius 3 is 2.48 bits per heavy atom. The van der Waals surface area contributed by atoms with Gasteiger partial charge in [0.1, 0.15) is 11.5 Å². The number of aromatic nitrogens is 1. The van der Waals surface area contributed by atoms with Crippen LogP contribution in [-0.2, 0) is 0 Å². The van der Waals surface area contributed by atoms with E-state index in [-0.39, 0.29) is 5.75 Å². The van der Waals surface area contributed by atoms with Gasteiger partial charge in [-0.2, -0.15) is 0 Å². The summed E-state index contributed by atoms with van der Waals surface area (Å²) in [5.41, 5.74) is 1.83. The predicted molar refractivity (Wildman–Crippen MR) is 81.2 cm³/mol. The van der Waals surface area contributed by atoms with E-state index in [9.17, 15) is 5.11 Å². The van der Waals surface area contributed by atoms with Crippen LogP contribution in [0.4, 0.5) is 0 Å². The summed E-state index contributed by atoms with van der Waals surface area (Å²) >= 11 is 0. The summed E-state index contributed by atoms with van der Waals surface area (Å²) in [6.07, 6.45) is 1.65. The summed E-state index contributed by atoms with van der Waals surface area (Å²) < 4.78 is 11.0. The zero-order valence-electron chi connectivity index (χ0n) is 11.8. The molecule has 106 valence electrons. The topological polar surface area (TPSA) is 51.6 Å². The number of methoxy groups -OCH3 is 1. The van der Waals surface area contributed by atoms with Gasteiger partial charge in [0, 0.05) is 17.6 Å². The molecule has 0 unspecified atom stereocenters. The van der Waals surface area contributed by atoms with E-state index in [4.69, 9.17) is 9.47 Å². The van der Waals surface area contributed by atoms with Crippen molar-refractivity contribution >= 4 is 10.9 Å². The highest BCUT2D eigenvalue weighted by Gasteiger charge is 2.10. The Labute approximate surface area is 122 Å². The maximum absolute atomic E-state index is 9.81. The van der Waals surface area contributed by atoms with E-state index >= 15 is 0 Å². The van der Waals surface area contributed by atoms with Gasteiger partial charge in [-0.15, -0.1) is 0 Å². The second kappa shape index (κ2) is 5.32. The quantitative estimate of drug-likeness (QED) is 0.787. The summed E-state index contributed by atoms with van der Waals surface area (Å²) in [7, 11) is 1.51. The molecule has 4 nitrogen and oxygen atoms in total. The summed E-state index contributed by atoms with van der Waals surface area (Å²) in [5.74, 6) is 1.87. The molecule has 0 aliphatic rings. The number of hydrogen-bond donors (Lipinski definition) is 1. The zero-order chi connectivity index (χ0) is 14.8. The van der Waals surface area contributed by atoms with Gasteiger partial charge in [-0.1, -0.05) is 17.7 Å². The second-order valence-corrected chi connectivity index (χ2v) is 4.77. The van der Waals surface area contributed by atoms with Crippen molar-refractivity contribution in [1.29, 1.82) is 0 Å². The minimum atomic E-state index is 0.0602. The predicted octanol–water partition coefficient (Wildman–Crippen LogP) is 4.05. The molecular weight excluding hydrogens is 266 g/mol. The van der Waals surface area contributed by atoms with Crippen LogP contribution in [0.25, 0.3) is 10.9 Å². The van der Waals surface area contributed by atoms with Crippen molar-refractivity contribution in [3.63, 3.8) is 0 Å². The molecule has 1 N–H and O–H groups in total. The van der Waals surface area contributed by atoms with Crippen LogP contribution in [0.15, 0.2) is 48.7 Å². The molecule has 4 heteroatoms. The maximum Gasteiger partial charge on any atom is 0.161 e. The molecule has 0 radical (unpaired) electrons. The van der Waals surface area contributed by atoms with Gasteiger partial charge < -0.3 is 14.6 Å². The lowest BCUT2D eigenvalue weighted by Crippen LogP contribution is -1.90. The number of rotatable bonds is 3. The first-order valence-electron chi connectivity index (χ1n) is 6.57. The van der Waals surface area contributed by atoms with E-state index in [0.717, 1.165) is 11.1 Å². The van der Waals surface area contributed by atoms with Crippen LogP contribution in [0.5, 0.6) is 23.0 Å². The summed E-state index contributed by atoms with van der Waals surface area (Å²) in [4.78, 5) is 4.24. The number of pyridine rings is 1. The third-order valence-electron chi connectivity index (χ3n) is 3.25. The fourth-order valence-electron chi connectivity index (χ4n) is 2.12. The molecule has 1 heterocycles. The minimum Gasteiger partial charge on any atom is -0.504 e. The van der Waals surface area contributed by atoms with Gasteiger partial charge in [0.2, 0.25) is 0 Å². The third kappa shape index (κ3) is 2.60. The standard InChI is InChI=1S/C17H15NO3/c1-11-3-5-12(6-4-11)21-16-7-8-18-14-10-15(19)17(20-2)9-13(14)16/h3-10,19H,1-2H3. The van der Waals surface area contributed by atoms with Crippen LogP contribution < -0.4 is 9.47 Å². The van der Waals surface area contributed by atoms with Crippen molar-refractivity contribution in [1.82, 2.24) is 4.98 Å². The number of aryl methyl sites for hydroxylation is 1. The molecule has 21 heavy (non-hydrogen) atoms. The van der Waals surface area contributed by atoms with E-state index in [1.807, 2.05) is 31.2 Å². The molecule has 0 aliphatic carbocycles. The number of benzene rings is 2. The van der Waals surface area contributed by atoms with E-state index in [2.05, 4.69) is 4.98 Å². The molecule has 0 fully saturated rings. The molecular formula is C17H15NO3. The highest BCUT2D eigenvalue weighted by molar-refractivity contribution is 5.88. The van der Waals surface area contributed by atoms with Crippen molar-refractivity contribution in [2.24, 2.45) is 0 Å². The Morgan fingerprint density at radius 1 is 1.00 bits per heavy atom. The van der Waals surface area contributed by atoms with Crippen LogP contribution in [0.1, 0.15) is 5.56 Å². The number of ether oxygens (including phenoxy) is 2. The van der Waals surface area contributed by atoms with E-state index in [0.29, 0.717) is 17.0 Å². The molecule has 2 aromatic carbocycles. The molecule has 0 atom stereocenters. The smallest absolute Gasteiger partial charge is 0.161 e. The molecule has 0 aliphatic heterocycles. The summed E-state index contributed by atoms with van der Waals surface area (Å²) in [5, 5.41) is 10.6. The average molecular weight is 281 g/mol. The summed E-state index contributed by atoms with van der Waals surface area (Å²) in [6, 6.07) is 12.9. The SMILES string of the molecule is COc1cc2c(Oc3ccc(C)cc3)ccnc2cc1O. The fourth-order valence-corrected chi connectivity index (χ4v) is 2.12. The number of phenolic OH excluding ortho intramolecular Hbond substituents is 1. The molecule has 1 aromatic heterocycles. The Balaban J connectivity index is 2.07.